The van der Waals surface area contributed by atoms with Crippen molar-refractivity contribution in [3.8, 4) is 0 Å². The third-order valence-electron chi connectivity index (χ3n) is 4.60. The van der Waals surface area contributed by atoms with Gasteiger partial charge in [-0.05, 0) is 59.2 Å². The molecule has 0 N–H and O–H groups in total. The zero-order chi connectivity index (χ0) is 25.0. The maximum absolute atomic E-state index is 4.92. The van der Waals surface area contributed by atoms with Crippen LogP contribution in [0.5, 0.6) is 0 Å². The molecule has 0 nitrogen and oxygen atoms in total. The third-order valence-corrected chi connectivity index (χ3v) is 5.23. The van der Waals surface area contributed by atoms with Crippen molar-refractivity contribution in [1.82, 2.24) is 0 Å². The summed E-state index contributed by atoms with van der Waals surface area (Å²) in [5.74, 6) is 0. The second-order valence-electron chi connectivity index (χ2n) is 16.3. The quantitative estimate of drug-likeness (QED) is 0.362. The molecule has 0 heterocycles. The van der Waals surface area contributed by atoms with Crippen LogP contribution in [0, 0.1) is 27.1 Å². The molecule has 0 bridgehead atoms. The van der Waals surface area contributed by atoms with Gasteiger partial charge in [0, 0.05) is 9.49 Å². The standard InChI is InChI=1S/C16H34S.C12H26S/c1-13(2,3)10-15(7,8)12-16(9,17)11-14(4,5)6;1-10(2,3)8-12(7,13)9-11(4,5)6/h17H,10-12H2,1-9H3;13H,8-9H2,1-7H3. The summed E-state index contributed by atoms with van der Waals surface area (Å²) >= 11 is 9.70. The van der Waals surface area contributed by atoms with Crippen LogP contribution in [0.2, 0.25) is 0 Å². The van der Waals surface area contributed by atoms with E-state index in [2.05, 4.69) is 111 Å². The first-order valence-corrected chi connectivity index (χ1v) is 12.9. The molecule has 0 rings (SSSR count). The maximum Gasteiger partial charge on any atom is 0.0111 e. The van der Waals surface area contributed by atoms with Gasteiger partial charge in [-0.2, -0.15) is 25.3 Å². The molecule has 0 aliphatic rings. The molecule has 0 amide bonds. The summed E-state index contributed by atoms with van der Waals surface area (Å²) in [6, 6.07) is 0. The average molecular weight is 461 g/mol. The maximum atomic E-state index is 4.92. The van der Waals surface area contributed by atoms with Crippen molar-refractivity contribution in [2.45, 2.75) is 152 Å². The van der Waals surface area contributed by atoms with Crippen LogP contribution in [-0.2, 0) is 0 Å². The predicted octanol–water partition coefficient (Wildman–Crippen LogP) is 10.5. The summed E-state index contributed by atoms with van der Waals surface area (Å²) < 4.78 is 0.295. The van der Waals surface area contributed by atoms with Crippen molar-refractivity contribution in [2.24, 2.45) is 27.1 Å². The second kappa shape index (κ2) is 10.8. The minimum Gasteiger partial charge on any atom is -0.173 e. The Hall–Kier alpha value is 0.700. The van der Waals surface area contributed by atoms with E-state index in [1.165, 1.54) is 25.7 Å². The molecule has 30 heavy (non-hydrogen) atoms. The Morgan fingerprint density at radius 2 is 0.533 bits per heavy atom. The molecular weight excluding hydrogens is 400 g/mol. The minimum absolute atomic E-state index is 0.132. The lowest BCUT2D eigenvalue weighted by molar-refractivity contribution is 0.168. The average Bonchev–Trinajstić information content (AvgIpc) is 2.09. The van der Waals surface area contributed by atoms with Crippen LogP contribution >= 0.6 is 25.3 Å². The normalized spacial score (nSPS) is 16.6. The molecule has 0 fully saturated rings. The Labute approximate surface area is 204 Å². The molecular formula is C28H60S2. The molecule has 0 aromatic heterocycles. The lowest BCUT2D eigenvalue weighted by Gasteiger charge is -2.40. The van der Waals surface area contributed by atoms with E-state index < -0.39 is 0 Å². The van der Waals surface area contributed by atoms with Gasteiger partial charge in [0.1, 0.15) is 0 Å². The summed E-state index contributed by atoms with van der Waals surface area (Å²) in [5.41, 5.74) is 1.87. The first-order chi connectivity index (χ1) is 12.5. The van der Waals surface area contributed by atoms with Crippen molar-refractivity contribution in [2.75, 3.05) is 0 Å². The Morgan fingerprint density at radius 1 is 0.333 bits per heavy atom. The predicted molar refractivity (Wildman–Crippen MR) is 149 cm³/mol. The molecule has 0 saturated heterocycles. The highest BCUT2D eigenvalue weighted by molar-refractivity contribution is 7.82. The van der Waals surface area contributed by atoms with Gasteiger partial charge in [-0.3, -0.25) is 0 Å². The van der Waals surface area contributed by atoms with E-state index in [1.807, 2.05) is 0 Å². The van der Waals surface area contributed by atoms with Crippen molar-refractivity contribution >= 4 is 25.3 Å². The van der Waals surface area contributed by atoms with E-state index in [-0.39, 0.29) is 9.49 Å². The molecule has 0 aromatic carbocycles. The van der Waals surface area contributed by atoms with E-state index in [0.717, 1.165) is 6.42 Å². The van der Waals surface area contributed by atoms with E-state index in [9.17, 15) is 0 Å². The van der Waals surface area contributed by atoms with E-state index in [4.69, 9.17) is 25.3 Å². The molecule has 1 unspecified atom stereocenters. The van der Waals surface area contributed by atoms with Crippen LogP contribution in [0.15, 0.2) is 0 Å². The largest absolute Gasteiger partial charge is 0.173 e. The van der Waals surface area contributed by atoms with Gasteiger partial charge in [-0.25, -0.2) is 0 Å². The fraction of sp³-hybridized carbons (Fsp3) is 1.00. The fourth-order valence-electron chi connectivity index (χ4n) is 6.08. The zero-order valence-electron chi connectivity index (χ0n) is 23.9. The Kier molecular flexibility index (Phi) is 11.8. The molecule has 0 aromatic rings. The Morgan fingerprint density at radius 3 is 0.733 bits per heavy atom. The van der Waals surface area contributed by atoms with Gasteiger partial charge in [0.2, 0.25) is 0 Å². The van der Waals surface area contributed by atoms with Crippen LogP contribution in [0.3, 0.4) is 0 Å². The van der Waals surface area contributed by atoms with Crippen LogP contribution in [-0.4, -0.2) is 9.49 Å². The molecule has 0 saturated carbocycles. The van der Waals surface area contributed by atoms with Crippen molar-refractivity contribution in [3.63, 3.8) is 0 Å². The zero-order valence-corrected chi connectivity index (χ0v) is 25.7. The first kappa shape index (κ1) is 32.9. The van der Waals surface area contributed by atoms with Crippen molar-refractivity contribution in [1.29, 1.82) is 0 Å². The molecule has 2 heteroatoms. The number of hydrogen-bond donors (Lipinski definition) is 2. The van der Waals surface area contributed by atoms with Gasteiger partial charge in [0.05, 0.1) is 0 Å². The Bertz CT molecular complexity index is 439. The summed E-state index contributed by atoms with van der Waals surface area (Å²) in [4.78, 5) is 0. The second-order valence-corrected chi connectivity index (χ2v) is 18.4. The van der Waals surface area contributed by atoms with E-state index in [1.54, 1.807) is 0 Å². The minimum atomic E-state index is 0.132. The van der Waals surface area contributed by atoms with Gasteiger partial charge >= 0.3 is 0 Å². The lowest BCUT2D eigenvalue weighted by Crippen LogP contribution is -2.33. The van der Waals surface area contributed by atoms with Crippen LogP contribution < -0.4 is 0 Å². The fourth-order valence-corrected chi connectivity index (χ4v) is 7.93. The van der Waals surface area contributed by atoms with Crippen LogP contribution in [0.25, 0.3) is 0 Å². The van der Waals surface area contributed by atoms with E-state index in [0.29, 0.717) is 27.1 Å². The number of thiol groups is 2. The van der Waals surface area contributed by atoms with Gasteiger partial charge in [-0.15, -0.1) is 0 Å². The Balaban J connectivity index is 0. The summed E-state index contributed by atoms with van der Waals surface area (Å²) in [6.07, 6.45) is 5.93. The van der Waals surface area contributed by atoms with Crippen molar-refractivity contribution in [3.05, 3.63) is 0 Å². The summed E-state index contributed by atoms with van der Waals surface area (Å²) in [7, 11) is 0. The molecule has 0 spiro atoms. The SMILES string of the molecule is CC(C)(C)CC(C)(C)CC(C)(S)CC(C)(C)C.CC(C)(C)CC(C)(S)CC(C)(C)C. The monoisotopic (exact) mass is 460 g/mol. The molecule has 0 aliphatic heterocycles. The third kappa shape index (κ3) is 23.4. The molecule has 0 radical (unpaired) electrons. The van der Waals surface area contributed by atoms with Gasteiger partial charge < -0.3 is 0 Å². The summed E-state index contributed by atoms with van der Waals surface area (Å²) in [5, 5.41) is 0. The van der Waals surface area contributed by atoms with Gasteiger partial charge in [0.15, 0.2) is 0 Å². The smallest absolute Gasteiger partial charge is 0.0111 e. The highest BCUT2D eigenvalue weighted by Gasteiger charge is 2.35. The molecule has 0 aliphatic carbocycles. The number of hydrogen-bond acceptors (Lipinski definition) is 2. The summed E-state index contributed by atoms with van der Waals surface area (Å²) in [6.45, 7) is 36.9. The molecule has 184 valence electrons. The van der Waals surface area contributed by atoms with Crippen LogP contribution in [0.1, 0.15) is 143 Å². The molecule has 1 atom stereocenters. The van der Waals surface area contributed by atoms with Gasteiger partial charge in [0.25, 0.3) is 0 Å². The van der Waals surface area contributed by atoms with Crippen molar-refractivity contribution < 1.29 is 0 Å². The first-order valence-electron chi connectivity index (χ1n) is 12.0. The topological polar surface area (TPSA) is 0 Å². The highest BCUT2D eigenvalue weighted by atomic mass is 32.1. The number of rotatable bonds is 6. The highest BCUT2D eigenvalue weighted by Crippen LogP contribution is 2.44. The van der Waals surface area contributed by atoms with Crippen LogP contribution in [0.4, 0.5) is 0 Å². The lowest BCUT2D eigenvalue weighted by atomic mass is 9.69. The van der Waals surface area contributed by atoms with Gasteiger partial charge in [-0.1, -0.05) is 111 Å². The van der Waals surface area contributed by atoms with E-state index >= 15 is 0 Å².